The Bertz CT molecular complexity index is 644. The third-order valence-electron chi connectivity index (χ3n) is 3.59. The number of nitrogens with zero attached hydrogens (tertiary/aromatic N) is 1. The number of aromatic hydroxyl groups is 1. The van der Waals surface area contributed by atoms with Crippen molar-refractivity contribution in [3.8, 4) is 5.75 Å². The minimum atomic E-state index is -0.631. The van der Waals surface area contributed by atoms with Crippen LogP contribution in [0.3, 0.4) is 0 Å². The van der Waals surface area contributed by atoms with Crippen LogP contribution >= 0.6 is 15.9 Å². The number of imide groups is 1. The minimum absolute atomic E-state index is 0.0571. The van der Waals surface area contributed by atoms with Crippen molar-refractivity contribution in [2.24, 2.45) is 0 Å². The van der Waals surface area contributed by atoms with Crippen molar-refractivity contribution in [1.82, 2.24) is 10.2 Å². The Morgan fingerprint density at radius 2 is 2.05 bits per heavy atom. The zero-order valence-electron chi connectivity index (χ0n) is 10.4. The average Bonchev–Trinajstić information content (AvgIpc) is 2.68. The highest BCUT2D eigenvalue weighted by Crippen LogP contribution is 2.34. The Morgan fingerprint density at radius 3 is 2.75 bits per heavy atom. The predicted octanol–water partition coefficient (Wildman–Crippen LogP) is 0.916. The molecule has 1 aromatic carbocycles. The van der Waals surface area contributed by atoms with Crippen LogP contribution in [-0.4, -0.2) is 33.8 Å². The van der Waals surface area contributed by atoms with E-state index in [1.807, 2.05) is 0 Å². The number of carbonyl (C=O) groups is 3. The summed E-state index contributed by atoms with van der Waals surface area (Å²) in [6.07, 6.45) is 0.559. The maximum atomic E-state index is 12.3. The second-order valence-corrected chi connectivity index (χ2v) is 5.72. The second kappa shape index (κ2) is 4.59. The summed E-state index contributed by atoms with van der Waals surface area (Å²) in [6.45, 7) is 0.265. The Labute approximate surface area is 122 Å². The zero-order chi connectivity index (χ0) is 14.4. The molecule has 0 bridgehead atoms. The molecule has 1 saturated heterocycles. The number of amides is 3. The van der Waals surface area contributed by atoms with E-state index in [0.717, 1.165) is 0 Å². The van der Waals surface area contributed by atoms with E-state index in [-0.39, 0.29) is 30.5 Å². The number of fused-ring (bicyclic) bond motifs is 1. The van der Waals surface area contributed by atoms with Gasteiger partial charge in [-0.2, -0.15) is 0 Å². The monoisotopic (exact) mass is 338 g/mol. The van der Waals surface area contributed by atoms with Crippen molar-refractivity contribution in [3.63, 3.8) is 0 Å². The number of benzene rings is 1. The van der Waals surface area contributed by atoms with Crippen LogP contribution in [-0.2, 0) is 16.1 Å². The summed E-state index contributed by atoms with van der Waals surface area (Å²) in [5.41, 5.74) is 1.15. The van der Waals surface area contributed by atoms with Gasteiger partial charge in [0.25, 0.3) is 5.91 Å². The van der Waals surface area contributed by atoms with Crippen LogP contribution in [0.25, 0.3) is 0 Å². The smallest absolute Gasteiger partial charge is 0.255 e. The number of carbonyl (C=O) groups excluding carboxylic acids is 3. The third-order valence-corrected chi connectivity index (χ3v) is 4.23. The van der Waals surface area contributed by atoms with Crippen molar-refractivity contribution < 1.29 is 19.5 Å². The topological polar surface area (TPSA) is 86.7 Å². The molecular weight excluding hydrogens is 328 g/mol. The molecular formula is C13H11BrN2O4. The maximum Gasteiger partial charge on any atom is 0.255 e. The minimum Gasteiger partial charge on any atom is -0.507 e. The van der Waals surface area contributed by atoms with E-state index in [1.165, 1.54) is 11.0 Å². The lowest BCUT2D eigenvalue weighted by Gasteiger charge is -2.29. The van der Waals surface area contributed by atoms with Crippen LogP contribution in [0.5, 0.6) is 5.75 Å². The summed E-state index contributed by atoms with van der Waals surface area (Å²) in [5.74, 6) is -0.946. The van der Waals surface area contributed by atoms with E-state index in [4.69, 9.17) is 0 Å². The van der Waals surface area contributed by atoms with Crippen LogP contribution in [0.1, 0.15) is 28.8 Å². The molecule has 20 heavy (non-hydrogen) atoms. The number of nitrogens with one attached hydrogen (secondary N) is 1. The molecule has 2 N–H and O–H groups in total. The molecule has 3 rings (SSSR count). The summed E-state index contributed by atoms with van der Waals surface area (Å²) in [6, 6.07) is 2.44. The highest BCUT2D eigenvalue weighted by atomic mass is 79.9. The summed E-state index contributed by atoms with van der Waals surface area (Å²) in [7, 11) is 0. The van der Waals surface area contributed by atoms with Crippen molar-refractivity contribution in [3.05, 3.63) is 27.7 Å². The van der Waals surface area contributed by atoms with Gasteiger partial charge in [-0.05, 0) is 40.0 Å². The van der Waals surface area contributed by atoms with Crippen LogP contribution in [0.4, 0.5) is 0 Å². The van der Waals surface area contributed by atoms with Crippen LogP contribution in [0.2, 0.25) is 0 Å². The first-order chi connectivity index (χ1) is 9.47. The molecule has 0 aromatic heterocycles. The fourth-order valence-electron chi connectivity index (χ4n) is 2.58. The molecule has 0 spiro atoms. The highest BCUT2D eigenvalue weighted by Gasteiger charge is 2.39. The quantitative estimate of drug-likeness (QED) is 0.745. The highest BCUT2D eigenvalue weighted by molar-refractivity contribution is 9.10. The number of hydrogen-bond donors (Lipinski definition) is 2. The van der Waals surface area contributed by atoms with Gasteiger partial charge in [0.15, 0.2) is 0 Å². The molecule has 1 aromatic rings. The number of piperidine rings is 1. The Hall–Kier alpha value is -1.89. The van der Waals surface area contributed by atoms with E-state index < -0.39 is 11.9 Å². The SMILES string of the molecule is O=C1CCC(N2Cc3cc(O)c(Br)cc3C2=O)C(=O)N1. The maximum absolute atomic E-state index is 12.3. The van der Waals surface area contributed by atoms with Gasteiger partial charge in [-0.3, -0.25) is 19.7 Å². The molecule has 1 atom stereocenters. The van der Waals surface area contributed by atoms with Gasteiger partial charge in [-0.25, -0.2) is 0 Å². The molecule has 3 amide bonds. The molecule has 2 aliphatic rings. The third kappa shape index (κ3) is 1.98. The van der Waals surface area contributed by atoms with Gasteiger partial charge >= 0.3 is 0 Å². The Balaban J connectivity index is 1.90. The van der Waals surface area contributed by atoms with Gasteiger partial charge < -0.3 is 10.0 Å². The van der Waals surface area contributed by atoms with Gasteiger partial charge in [0.1, 0.15) is 11.8 Å². The molecule has 1 fully saturated rings. The molecule has 1 unspecified atom stereocenters. The van der Waals surface area contributed by atoms with E-state index >= 15 is 0 Å². The average molecular weight is 339 g/mol. The van der Waals surface area contributed by atoms with Gasteiger partial charge in [0.2, 0.25) is 11.8 Å². The predicted molar refractivity (Wildman–Crippen MR) is 71.9 cm³/mol. The first-order valence-electron chi connectivity index (χ1n) is 6.13. The Morgan fingerprint density at radius 1 is 1.30 bits per heavy atom. The lowest BCUT2D eigenvalue weighted by molar-refractivity contribution is -0.136. The standard InChI is InChI=1S/C13H11BrN2O4/c14-8-4-7-6(3-10(8)17)5-16(13(7)20)9-1-2-11(18)15-12(9)19/h3-4,9,17H,1-2,5H2,(H,15,18,19). The van der Waals surface area contributed by atoms with Crippen LogP contribution in [0.15, 0.2) is 16.6 Å². The molecule has 2 heterocycles. The van der Waals surface area contributed by atoms with Gasteiger partial charge in [-0.1, -0.05) is 0 Å². The van der Waals surface area contributed by atoms with E-state index in [1.54, 1.807) is 6.07 Å². The first kappa shape index (κ1) is 13.1. The van der Waals surface area contributed by atoms with E-state index in [2.05, 4.69) is 21.2 Å². The molecule has 0 aliphatic carbocycles. The van der Waals surface area contributed by atoms with Crippen LogP contribution < -0.4 is 5.32 Å². The number of phenolic OH excluding ortho intramolecular Hbond substituents is 1. The second-order valence-electron chi connectivity index (χ2n) is 4.86. The molecule has 0 radical (unpaired) electrons. The number of hydrogen-bond acceptors (Lipinski definition) is 4. The number of phenols is 1. The first-order valence-corrected chi connectivity index (χ1v) is 6.92. The molecule has 2 aliphatic heterocycles. The fourth-order valence-corrected chi connectivity index (χ4v) is 2.92. The Kier molecular flexibility index (Phi) is 3.01. The van der Waals surface area contributed by atoms with E-state index in [0.29, 0.717) is 22.0 Å². The van der Waals surface area contributed by atoms with Gasteiger partial charge in [0, 0.05) is 18.5 Å². The fraction of sp³-hybridized carbons (Fsp3) is 0.308. The summed E-state index contributed by atoms with van der Waals surface area (Å²) < 4.78 is 0.440. The van der Waals surface area contributed by atoms with Crippen molar-refractivity contribution in [2.75, 3.05) is 0 Å². The normalized spacial score (nSPS) is 21.9. The van der Waals surface area contributed by atoms with Crippen molar-refractivity contribution in [2.45, 2.75) is 25.4 Å². The molecule has 7 heteroatoms. The van der Waals surface area contributed by atoms with Crippen molar-refractivity contribution >= 4 is 33.7 Å². The largest absolute Gasteiger partial charge is 0.507 e. The number of rotatable bonds is 1. The lowest BCUT2D eigenvalue weighted by atomic mass is 10.0. The van der Waals surface area contributed by atoms with Crippen molar-refractivity contribution in [1.29, 1.82) is 0 Å². The van der Waals surface area contributed by atoms with Crippen LogP contribution in [0, 0.1) is 0 Å². The summed E-state index contributed by atoms with van der Waals surface area (Å²) >= 11 is 3.17. The lowest BCUT2D eigenvalue weighted by Crippen LogP contribution is -2.52. The molecule has 0 saturated carbocycles. The molecule has 6 nitrogen and oxygen atoms in total. The summed E-state index contributed by atoms with van der Waals surface area (Å²) in [4.78, 5) is 36.8. The summed E-state index contributed by atoms with van der Waals surface area (Å²) in [5, 5.41) is 11.9. The van der Waals surface area contributed by atoms with E-state index in [9.17, 15) is 19.5 Å². The number of halogens is 1. The van der Waals surface area contributed by atoms with Gasteiger partial charge in [-0.15, -0.1) is 0 Å². The zero-order valence-corrected chi connectivity index (χ0v) is 11.9. The van der Waals surface area contributed by atoms with Gasteiger partial charge in [0.05, 0.1) is 4.47 Å². The molecule has 104 valence electrons.